The first-order chi connectivity index (χ1) is 9.38. The van der Waals surface area contributed by atoms with Gasteiger partial charge in [-0.3, -0.25) is 9.59 Å². The van der Waals surface area contributed by atoms with Crippen molar-refractivity contribution in [1.82, 2.24) is 0 Å². The summed E-state index contributed by atoms with van der Waals surface area (Å²) in [5.41, 5.74) is 9.04. The van der Waals surface area contributed by atoms with Crippen molar-refractivity contribution >= 4 is 17.6 Å². The van der Waals surface area contributed by atoms with Crippen LogP contribution in [-0.4, -0.2) is 24.0 Å². The van der Waals surface area contributed by atoms with E-state index in [9.17, 15) is 9.59 Å². The van der Waals surface area contributed by atoms with E-state index in [1.54, 1.807) is 11.9 Å². The molecule has 0 radical (unpaired) electrons. The number of carboxylic acid groups (broad SMARTS) is 1. The molecule has 0 saturated heterocycles. The number of aliphatic carboxylic acids is 1. The Bertz CT molecular complexity index is 542. The second-order valence-corrected chi connectivity index (χ2v) is 5.56. The lowest BCUT2D eigenvalue weighted by atomic mass is 9.93. The standard InChI is InChI=1S/C15H20N2O3/c1-9(6-15(19)20)5-12(16)10-3-4-13-11(7-10)8-14(18)17(13)2/h3-4,7,9,12H,5-6,8,16H2,1-2H3,(H,19,20). The molecule has 1 aliphatic rings. The molecule has 1 heterocycles. The summed E-state index contributed by atoms with van der Waals surface area (Å²) >= 11 is 0. The monoisotopic (exact) mass is 276 g/mol. The van der Waals surface area contributed by atoms with Crippen molar-refractivity contribution in [2.75, 3.05) is 11.9 Å². The van der Waals surface area contributed by atoms with Gasteiger partial charge in [0.1, 0.15) is 0 Å². The summed E-state index contributed by atoms with van der Waals surface area (Å²) in [7, 11) is 1.77. The Hall–Kier alpha value is -1.88. The Morgan fingerprint density at radius 3 is 2.85 bits per heavy atom. The fourth-order valence-electron chi connectivity index (χ4n) is 2.67. The van der Waals surface area contributed by atoms with Crippen molar-refractivity contribution < 1.29 is 14.7 Å². The van der Waals surface area contributed by atoms with Gasteiger partial charge in [0.15, 0.2) is 0 Å². The van der Waals surface area contributed by atoms with E-state index in [1.165, 1.54) is 0 Å². The number of nitrogens with zero attached hydrogens (tertiary/aromatic N) is 1. The molecule has 2 rings (SSSR count). The third kappa shape index (κ3) is 2.99. The molecule has 0 bridgehead atoms. The van der Waals surface area contributed by atoms with Gasteiger partial charge in [0.2, 0.25) is 5.91 Å². The maximum atomic E-state index is 11.6. The quantitative estimate of drug-likeness (QED) is 0.857. The first-order valence-corrected chi connectivity index (χ1v) is 6.75. The van der Waals surface area contributed by atoms with Crippen molar-refractivity contribution in [2.45, 2.75) is 32.2 Å². The molecule has 2 atom stereocenters. The molecule has 0 saturated carbocycles. The number of hydrogen-bond donors (Lipinski definition) is 2. The first kappa shape index (κ1) is 14.5. The van der Waals surface area contributed by atoms with E-state index in [2.05, 4.69) is 0 Å². The molecule has 1 amide bonds. The van der Waals surface area contributed by atoms with E-state index in [-0.39, 0.29) is 24.3 Å². The molecule has 20 heavy (non-hydrogen) atoms. The molecule has 5 heteroatoms. The van der Waals surface area contributed by atoms with Crippen molar-refractivity contribution in [2.24, 2.45) is 11.7 Å². The second-order valence-electron chi connectivity index (χ2n) is 5.56. The zero-order valence-electron chi connectivity index (χ0n) is 11.8. The van der Waals surface area contributed by atoms with Gasteiger partial charge in [0, 0.05) is 25.2 Å². The number of amides is 1. The van der Waals surface area contributed by atoms with Crippen LogP contribution in [0.1, 0.15) is 36.9 Å². The number of anilines is 1. The van der Waals surface area contributed by atoms with Crippen LogP contribution in [0.15, 0.2) is 18.2 Å². The molecule has 0 aliphatic carbocycles. The van der Waals surface area contributed by atoms with Gasteiger partial charge in [-0.2, -0.15) is 0 Å². The number of carboxylic acids is 1. The molecule has 2 unspecified atom stereocenters. The van der Waals surface area contributed by atoms with Crippen LogP contribution >= 0.6 is 0 Å². The third-order valence-corrected chi connectivity index (χ3v) is 3.79. The number of hydrogen-bond acceptors (Lipinski definition) is 3. The lowest BCUT2D eigenvalue weighted by molar-refractivity contribution is -0.138. The summed E-state index contributed by atoms with van der Waals surface area (Å²) in [6.07, 6.45) is 1.16. The van der Waals surface area contributed by atoms with Crippen molar-refractivity contribution in [3.8, 4) is 0 Å². The first-order valence-electron chi connectivity index (χ1n) is 6.75. The van der Waals surface area contributed by atoms with Gasteiger partial charge in [0.05, 0.1) is 6.42 Å². The number of rotatable bonds is 5. The van der Waals surface area contributed by atoms with Gasteiger partial charge in [-0.1, -0.05) is 19.1 Å². The Labute approximate surface area is 118 Å². The van der Waals surface area contributed by atoms with Gasteiger partial charge in [-0.15, -0.1) is 0 Å². The van der Waals surface area contributed by atoms with Crippen LogP contribution in [0.3, 0.4) is 0 Å². The van der Waals surface area contributed by atoms with Crippen LogP contribution in [-0.2, 0) is 16.0 Å². The molecule has 0 spiro atoms. The van der Waals surface area contributed by atoms with E-state index in [4.69, 9.17) is 10.8 Å². The lowest BCUT2D eigenvalue weighted by Crippen LogP contribution is -2.20. The normalized spacial score (nSPS) is 16.9. The fourth-order valence-corrected chi connectivity index (χ4v) is 2.67. The summed E-state index contributed by atoms with van der Waals surface area (Å²) in [5, 5.41) is 8.77. The van der Waals surface area contributed by atoms with Gasteiger partial charge in [-0.25, -0.2) is 0 Å². The Kier molecular flexibility index (Phi) is 4.09. The molecule has 3 N–H and O–H groups in total. The minimum atomic E-state index is -0.800. The smallest absolute Gasteiger partial charge is 0.303 e. The maximum Gasteiger partial charge on any atom is 0.303 e. The Morgan fingerprint density at radius 1 is 1.50 bits per heavy atom. The van der Waals surface area contributed by atoms with E-state index >= 15 is 0 Å². The Morgan fingerprint density at radius 2 is 2.20 bits per heavy atom. The van der Waals surface area contributed by atoms with Gasteiger partial charge in [-0.05, 0) is 29.5 Å². The summed E-state index contributed by atoms with van der Waals surface area (Å²) in [6.45, 7) is 1.89. The highest BCUT2D eigenvalue weighted by atomic mass is 16.4. The number of carbonyl (C=O) groups excluding carboxylic acids is 1. The van der Waals surface area contributed by atoms with E-state index in [0.29, 0.717) is 12.8 Å². The van der Waals surface area contributed by atoms with Gasteiger partial charge in [0.25, 0.3) is 0 Å². The summed E-state index contributed by atoms with van der Waals surface area (Å²) in [5.74, 6) is -0.684. The minimum Gasteiger partial charge on any atom is -0.481 e. The third-order valence-electron chi connectivity index (χ3n) is 3.79. The number of nitrogens with two attached hydrogens (primary N) is 1. The molecule has 1 aromatic carbocycles. The summed E-state index contributed by atoms with van der Waals surface area (Å²) in [6, 6.07) is 5.61. The van der Waals surface area contributed by atoms with Crippen molar-refractivity contribution in [3.63, 3.8) is 0 Å². The van der Waals surface area contributed by atoms with Crippen LogP contribution < -0.4 is 10.6 Å². The van der Waals surface area contributed by atoms with Crippen LogP contribution in [0, 0.1) is 5.92 Å². The molecule has 1 aromatic rings. The van der Waals surface area contributed by atoms with Crippen LogP contribution in [0.4, 0.5) is 5.69 Å². The molecular formula is C15H20N2O3. The van der Waals surface area contributed by atoms with E-state index < -0.39 is 5.97 Å². The van der Waals surface area contributed by atoms with Crippen molar-refractivity contribution in [3.05, 3.63) is 29.3 Å². The maximum absolute atomic E-state index is 11.6. The van der Waals surface area contributed by atoms with Crippen LogP contribution in [0.5, 0.6) is 0 Å². The number of fused-ring (bicyclic) bond motifs is 1. The minimum absolute atomic E-state index is 0.0278. The highest BCUT2D eigenvalue weighted by Crippen LogP contribution is 2.31. The van der Waals surface area contributed by atoms with Crippen LogP contribution in [0.25, 0.3) is 0 Å². The van der Waals surface area contributed by atoms with Crippen molar-refractivity contribution in [1.29, 1.82) is 0 Å². The zero-order valence-corrected chi connectivity index (χ0v) is 11.8. The second kappa shape index (κ2) is 5.63. The SMILES string of the molecule is CC(CC(=O)O)CC(N)c1ccc2c(c1)CC(=O)N2C. The van der Waals surface area contributed by atoms with E-state index in [1.807, 2.05) is 25.1 Å². The predicted octanol–water partition coefficient (Wildman–Crippen LogP) is 1.71. The van der Waals surface area contributed by atoms with Crippen LogP contribution in [0.2, 0.25) is 0 Å². The highest BCUT2D eigenvalue weighted by molar-refractivity contribution is 6.00. The topological polar surface area (TPSA) is 83.6 Å². The zero-order chi connectivity index (χ0) is 14.9. The average Bonchev–Trinajstić information content (AvgIpc) is 2.63. The van der Waals surface area contributed by atoms with Gasteiger partial charge >= 0.3 is 5.97 Å². The fraction of sp³-hybridized carbons (Fsp3) is 0.467. The molecule has 0 fully saturated rings. The molecular weight excluding hydrogens is 256 g/mol. The Balaban J connectivity index is 2.09. The van der Waals surface area contributed by atoms with E-state index in [0.717, 1.165) is 16.8 Å². The average molecular weight is 276 g/mol. The van der Waals surface area contributed by atoms with Gasteiger partial charge < -0.3 is 15.7 Å². The molecule has 1 aliphatic heterocycles. The highest BCUT2D eigenvalue weighted by Gasteiger charge is 2.25. The largest absolute Gasteiger partial charge is 0.481 e. The molecule has 108 valence electrons. The molecule has 5 nitrogen and oxygen atoms in total. The molecule has 0 aromatic heterocycles. The summed E-state index contributed by atoms with van der Waals surface area (Å²) in [4.78, 5) is 24.0. The summed E-state index contributed by atoms with van der Waals surface area (Å²) < 4.78 is 0. The predicted molar refractivity (Wildman–Crippen MR) is 76.5 cm³/mol. The lowest BCUT2D eigenvalue weighted by Gasteiger charge is -2.17. The number of carbonyl (C=O) groups is 2. The number of benzene rings is 1. The number of likely N-dealkylation sites (N-methyl/N-ethyl adjacent to an activating group) is 1.